The SMILES string of the molecule is CC(C)C(C)NC(=O)CCOCCN1C(=O)C=CC1=O.CCCNC(N)=O.[B]Cc1ccc(NC(=O)CNC=O)cc1. The van der Waals surface area contributed by atoms with E-state index in [1.165, 1.54) is 12.2 Å². The Balaban J connectivity index is 0.000000671. The topological polar surface area (TPSA) is 189 Å². The predicted octanol–water partition coefficient (Wildman–Crippen LogP) is 0.583. The molecule has 1 aromatic rings. The van der Waals surface area contributed by atoms with Gasteiger partial charge in [0.25, 0.3) is 11.8 Å². The van der Waals surface area contributed by atoms with Crippen molar-refractivity contribution in [3.63, 3.8) is 0 Å². The number of primary amides is 1. The average molecular weight is 586 g/mol. The van der Waals surface area contributed by atoms with Gasteiger partial charge in [-0.1, -0.05) is 44.8 Å². The highest BCUT2D eigenvalue weighted by Gasteiger charge is 2.22. The van der Waals surface area contributed by atoms with Crippen LogP contribution in [0.2, 0.25) is 0 Å². The zero-order valence-electron chi connectivity index (χ0n) is 24.8. The van der Waals surface area contributed by atoms with Crippen molar-refractivity contribution in [3.05, 3.63) is 42.0 Å². The largest absolute Gasteiger partial charge is 0.379 e. The number of amides is 7. The number of anilines is 1. The van der Waals surface area contributed by atoms with Gasteiger partial charge in [0.15, 0.2) is 0 Å². The molecule has 0 saturated carbocycles. The minimum atomic E-state index is -0.443. The minimum Gasteiger partial charge on any atom is -0.379 e. The molecule has 7 amide bonds. The Kier molecular flexibility index (Phi) is 20.2. The summed E-state index contributed by atoms with van der Waals surface area (Å²) in [4.78, 5) is 66.1. The number of benzene rings is 1. The number of nitrogens with zero attached hydrogens (tertiary/aromatic N) is 1. The molecule has 2 radical (unpaired) electrons. The first-order valence-electron chi connectivity index (χ1n) is 13.6. The van der Waals surface area contributed by atoms with Crippen LogP contribution < -0.4 is 27.0 Å². The lowest BCUT2D eigenvalue weighted by molar-refractivity contribution is -0.138. The summed E-state index contributed by atoms with van der Waals surface area (Å²) in [5, 5.41) is 10.2. The van der Waals surface area contributed by atoms with E-state index < -0.39 is 6.03 Å². The lowest BCUT2D eigenvalue weighted by Crippen LogP contribution is -2.37. The Hall–Kier alpha value is -4.20. The summed E-state index contributed by atoms with van der Waals surface area (Å²) < 4.78 is 5.27. The highest BCUT2D eigenvalue weighted by molar-refractivity contribution is 6.12. The summed E-state index contributed by atoms with van der Waals surface area (Å²) >= 11 is 0. The molecule has 0 spiro atoms. The van der Waals surface area contributed by atoms with E-state index in [4.69, 9.17) is 18.3 Å². The molecule has 1 heterocycles. The van der Waals surface area contributed by atoms with E-state index in [1.807, 2.05) is 39.8 Å². The van der Waals surface area contributed by atoms with Gasteiger partial charge in [0.05, 0.1) is 34.1 Å². The molecule has 1 unspecified atom stereocenters. The number of urea groups is 1. The monoisotopic (exact) mass is 586 g/mol. The molecular weight excluding hydrogens is 543 g/mol. The highest BCUT2D eigenvalue weighted by atomic mass is 16.5. The van der Waals surface area contributed by atoms with Crippen LogP contribution in [0.25, 0.3) is 0 Å². The highest BCUT2D eigenvalue weighted by Crippen LogP contribution is 2.09. The molecule has 13 nitrogen and oxygen atoms in total. The van der Waals surface area contributed by atoms with E-state index >= 15 is 0 Å². The first kappa shape index (κ1) is 37.8. The van der Waals surface area contributed by atoms with Crippen molar-refractivity contribution in [1.29, 1.82) is 0 Å². The van der Waals surface area contributed by atoms with Gasteiger partial charge >= 0.3 is 6.03 Å². The predicted molar refractivity (Wildman–Crippen MR) is 160 cm³/mol. The molecular formula is C28H43BN6O7. The van der Waals surface area contributed by atoms with Crippen molar-refractivity contribution in [2.45, 2.75) is 52.9 Å². The molecule has 0 fully saturated rings. The van der Waals surface area contributed by atoms with Crippen molar-refractivity contribution in [3.8, 4) is 0 Å². The fourth-order valence-corrected chi connectivity index (χ4v) is 2.88. The maximum absolute atomic E-state index is 11.6. The Bertz CT molecular complexity index is 1020. The summed E-state index contributed by atoms with van der Waals surface area (Å²) in [7, 11) is 5.43. The number of carbonyl (C=O) groups is 6. The normalized spacial score (nSPS) is 12.4. The van der Waals surface area contributed by atoms with Crippen LogP contribution in [0.3, 0.4) is 0 Å². The standard InChI is InChI=1S/C14H22N2O4.C10H11BN2O2.C4H10N2O/c1-10(2)11(3)15-12(17)6-8-20-9-7-16-13(18)4-5-14(16)19;11-5-8-1-3-9(4-2-8)13-10(15)6-12-7-14;1-2-3-6-4(5)7/h4-5,10-11H,6-9H2,1-3H3,(H,15,17);1-4,7H,5-6H2,(H,12,14)(H,13,15);2-3H2,1H3,(H3,5,6,7). The molecule has 1 aliphatic rings. The zero-order valence-corrected chi connectivity index (χ0v) is 24.8. The molecule has 6 N–H and O–H groups in total. The molecule has 1 aliphatic heterocycles. The maximum Gasteiger partial charge on any atom is 0.312 e. The first-order chi connectivity index (χ1) is 19.9. The number of nitrogens with one attached hydrogen (secondary N) is 4. The molecule has 2 rings (SSSR count). The van der Waals surface area contributed by atoms with Crippen molar-refractivity contribution in [2.24, 2.45) is 11.7 Å². The Morgan fingerprint density at radius 1 is 1.02 bits per heavy atom. The minimum absolute atomic E-state index is 0.0257. The van der Waals surface area contributed by atoms with Gasteiger partial charge in [-0.25, -0.2) is 4.79 Å². The van der Waals surface area contributed by atoms with Crippen LogP contribution in [0, 0.1) is 5.92 Å². The number of hydrogen-bond donors (Lipinski definition) is 5. The van der Waals surface area contributed by atoms with Gasteiger partial charge in [-0.15, -0.1) is 0 Å². The number of carbonyl (C=O) groups excluding carboxylic acids is 6. The first-order valence-corrected chi connectivity index (χ1v) is 13.6. The second kappa shape index (κ2) is 22.5. The number of nitrogens with two attached hydrogens (primary N) is 1. The summed E-state index contributed by atoms with van der Waals surface area (Å²) in [6.07, 6.45) is 4.64. The van der Waals surface area contributed by atoms with Gasteiger partial charge in [0.1, 0.15) is 0 Å². The van der Waals surface area contributed by atoms with E-state index in [9.17, 15) is 28.8 Å². The average Bonchev–Trinajstić information content (AvgIpc) is 3.28. The molecule has 0 aliphatic carbocycles. The van der Waals surface area contributed by atoms with Gasteiger partial charge in [0.2, 0.25) is 18.2 Å². The van der Waals surface area contributed by atoms with E-state index in [1.54, 1.807) is 12.1 Å². The fraction of sp³-hybridized carbons (Fsp3) is 0.500. The fourth-order valence-electron chi connectivity index (χ4n) is 2.88. The van der Waals surface area contributed by atoms with Crippen LogP contribution in [0.4, 0.5) is 10.5 Å². The summed E-state index contributed by atoms with van der Waals surface area (Å²) in [6.45, 7) is 9.40. The number of hydrogen-bond acceptors (Lipinski definition) is 7. The van der Waals surface area contributed by atoms with Gasteiger partial charge in [-0.05, 0) is 31.4 Å². The van der Waals surface area contributed by atoms with Crippen molar-refractivity contribution >= 4 is 49.6 Å². The third kappa shape index (κ3) is 18.2. The maximum atomic E-state index is 11.6. The van der Waals surface area contributed by atoms with Crippen LogP contribution in [0.5, 0.6) is 0 Å². The molecule has 42 heavy (non-hydrogen) atoms. The second-order valence-corrected chi connectivity index (χ2v) is 9.36. The number of ether oxygens (including phenoxy) is 1. The Morgan fingerprint density at radius 3 is 2.12 bits per heavy atom. The molecule has 0 saturated heterocycles. The van der Waals surface area contributed by atoms with Crippen molar-refractivity contribution in [1.82, 2.24) is 20.9 Å². The van der Waals surface area contributed by atoms with Crippen LogP contribution >= 0.6 is 0 Å². The van der Waals surface area contributed by atoms with E-state index in [-0.39, 0.29) is 62.4 Å². The second-order valence-electron chi connectivity index (χ2n) is 9.36. The zero-order chi connectivity index (χ0) is 31.9. The lowest BCUT2D eigenvalue weighted by atomic mass is 9.97. The molecule has 1 aromatic carbocycles. The van der Waals surface area contributed by atoms with Gasteiger partial charge in [-0.2, -0.15) is 0 Å². The van der Waals surface area contributed by atoms with Crippen molar-refractivity contribution in [2.75, 3.05) is 38.2 Å². The summed E-state index contributed by atoms with van der Waals surface area (Å²) in [5.74, 6) is -0.562. The molecule has 1 atom stereocenters. The van der Waals surface area contributed by atoms with Crippen LogP contribution in [-0.2, 0) is 35.0 Å². The van der Waals surface area contributed by atoms with E-state index in [0.717, 1.165) is 16.9 Å². The summed E-state index contributed by atoms with van der Waals surface area (Å²) in [6, 6.07) is 6.89. The Morgan fingerprint density at radius 2 is 1.64 bits per heavy atom. The van der Waals surface area contributed by atoms with Gasteiger partial charge in [0, 0.05) is 36.8 Å². The molecule has 0 aromatic heterocycles. The lowest BCUT2D eigenvalue weighted by Gasteiger charge is -2.17. The quantitative estimate of drug-likeness (QED) is 0.0860. The van der Waals surface area contributed by atoms with Crippen LogP contribution in [0.1, 0.15) is 46.1 Å². The van der Waals surface area contributed by atoms with E-state index in [2.05, 4.69) is 21.3 Å². The summed E-state index contributed by atoms with van der Waals surface area (Å²) in [5.41, 5.74) is 6.41. The smallest absolute Gasteiger partial charge is 0.312 e. The Labute approximate surface area is 248 Å². The van der Waals surface area contributed by atoms with Crippen LogP contribution in [-0.4, -0.2) is 87.7 Å². The van der Waals surface area contributed by atoms with Crippen LogP contribution in [0.15, 0.2) is 36.4 Å². The molecule has 0 bridgehead atoms. The van der Waals surface area contributed by atoms with Crippen molar-refractivity contribution < 1.29 is 33.5 Å². The number of rotatable bonds is 15. The van der Waals surface area contributed by atoms with E-state index in [0.29, 0.717) is 30.9 Å². The molecule has 230 valence electrons. The molecule has 14 heteroatoms. The van der Waals surface area contributed by atoms with Gasteiger partial charge in [-0.3, -0.25) is 28.9 Å². The third-order valence-electron chi connectivity index (χ3n) is 5.59. The third-order valence-corrected chi connectivity index (χ3v) is 5.59. The van der Waals surface area contributed by atoms with Gasteiger partial charge < -0.3 is 31.7 Å². The number of imide groups is 1.